The van der Waals surface area contributed by atoms with Crippen molar-refractivity contribution in [1.29, 1.82) is 0 Å². The molecule has 0 heterocycles. The molecule has 1 aromatic carbocycles. The van der Waals surface area contributed by atoms with Crippen molar-refractivity contribution in [3.8, 4) is 5.75 Å². The summed E-state index contributed by atoms with van der Waals surface area (Å²) in [5, 5.41) is 11.9. The Morgan fingerprint density at radius 3 is 2.72 bits per heavy atom. The van der Waals surface area contributed by atoms with Crippen LogP contribution in [0.1, 0.15) is 6.92 Å². The van der Waals surface area contributed by atoms with Crippen LogP contribution in [0.4, 0.5) is 4.79 Å². The second kappa shape index (κ2) is 7.55. The Labute approximate surface area is 107 Å². The minimum Gasteiger partial charge on any atom is -0.492 e. The van der Waals surface area contributed by atoms with Crippen LogP contribution >= 0.6 is 0 Å². The number of hydrogen-bond acceptors (Lipinski definition) is 3. The topological polar surface area (TPSA) is 61.8 Å². The first kappa shape index (κ1) is 14.3. The van der Waals surface area contributed by atoms with E-state index < -0.39 is 6.10 Å². The second-order valence-corrected chi connectivity index (χ2v) is 4.12. The van der Waals surface area contributed by atoms with Gasteiger partial charge in [0, 0.05) is 13.6 Å². The van der Waals surface area contributed by atoms with Gasteiger partial charge in [-0.05, 0) is 19.1 Å². The average Bonchev–Trinajstić information content (AvgIpc) is 2.34. The highest BCUT2D eigenvalue weighted by molar-refractivity contribution is 5.73. The van der Waals surface area contributed by atoms with Crippen LogP contribution in [-0.2, 0) is 0 Å². The zero-order chi connectivity index (χ0) is 13.4. The number of amides is 2. The van der Waals surface area contributed by atoms with Crippen LogP contribution in [0.3, 0.4) is 0 Å². The lowest BCUT2D eigenvalue weighted by atomic mass is 10.3. The Bertz CT molecular complexity index is 355. The predicted octanol–water partition coefficient (Wildman–Crippen LogP) is 1.09. The largest absolute Gasteiger partial charge is 0.492 e. The molecule has 1 atom stereocenters. The van der Waals surface area contributed by atoms with Gasteiger partial charge in [-0.1, -0.05) is 18.2 Å². The fourth-order valence-corrected chi connectivity index (χ4v) is 1.46. The van der Waals surface area contributed by atoms with E-state index in [-0.39, 0.29) is 6.03 Å². The number of aliphatic hydroxyl groups excluding tert-OH is 1. The Kier molecular flexibility index (Phi) is 6.00. The molecule has 0 saturated heterocycles. The molecule has 0 saturated carbocycles. The van der Waals surface area contributed by atoms with Crippen molar-refractivity contribution in [3.05, 3.63) is 30.3 Å². The van der Waals surface area contributed by atoms with Crippen LogP contribution in [0.2, 0.25) is 0 Å². The molecule has 2 amide bonds. The summed E-state index contributed by atoms with van der Waals surface area (Å²) < 4.78 is 5.43. The van der Waals surface area contributed by atoms with Gasteiger partial charge in [0.25, 0.3) is 0 Å². The quantitative estimate of drug-likeness (QED) is 0.745. The maximum absolute atomic E-state index is 11.5. The molecule has 1 unspecified atom stereocenters. The summed E-state index contributed by atoms with van der Waals surface area (Å²) in [7, 11) is 1.64. The van der Waals surface area contributed by atoms with Gasteiger partial charge in [0.1, 0.15) is 12.4 Å². The maximum Gasteiger partial charge on any atom is 0.317 e. The van der Waals surface area contributed by atoms with Crippen molar-refractivity contribution in [2.45, 2.75) is 13.0 Å². The molecular weight excluding hydrogens is 232 g/mol. The summed E-state index contributed by atoms with van der Waals surface area (Å²) in [5.41, 5.74) is 0. The van der Waals surface area contributed by atoms with Crippen molar-refractivity contribution in [3.63, 3.8) is 0 Å². The number of ether oxygens (including phenoxy) is 1. The molecule has 0 aliphatic rings. The predicted molar refractivity (Wildman–Crippen MR) is 69.6 cm³/mol. The number of carbonyl (C=O) groups excluding carboxylic acids is 1. The summed E-state index contributed by atoms with van der Waals surface area (Å²) in [4.78, 5) is 13.0. The van der Waals surface area contributed by atoms with E-state index in [2.05, 4.69) is 5.32 Å². The molecule has 5 nitrogen and oxygen atoms in total. The van der Waals surface area contributed by atoms with Crippen molar-refractivity contribution in [2.24, 2.45) is 0 Å². The van der Waals surface area contributed by atoms with Gasteiger partial charge in [-0.15, -0.1) is 0 Å². The first-order chi connectivity index (χ1) is 8.59. The highest BCUT2D eigenvalue weighted by atomic mass is 16.5. The third-order valence-electron chi connectivity index (χ3n) is 2.28. The van der Waals surface area contributed by atoms with Gasteiger partial charge in [0.2, 0.25) is 0 Å². The first-order valence-corrected chi connectivity index (χ1v) is 5.94. The summed E-state index contributed by atoms with van der Waals surface area (Å²) in [6.07, 6.45) is -0.527. The van der Waals surface area contributed by atoms with Gasteiger partial charge in [-0.25, -0.2) is 4.79 Å². The first-order valence-electron chi connectivity index (χ1n) is 5.94. The van der Waals surface area contributed by atoms with E-state index >= 15 is 0 Å². The Balaban J connectivity index is 2.16. The Morgan fingerprint density at radius 2 is 2.11 bits per heavy atom. The zero-order valence-electron chi connectivity index (χ0n) is 10.8. The maximum atomic E-state index is 11.5. The Morgan fingerprint density at radius 1 is 1.44 bits per heavy atom. The molecule has 1 rings (SSSR count). The molecule has 0 aromatic heterocycles. The van der Waals surface area contributed by atoms with Crippen LogP contribution in [0.5, 0.6) is 5.75 Å². The Hall–Kier alpha value is -1.75. The van der Waals surface area contributed by atoms with Crippen LogP contribution in [0.15, 0.2) is 30.3 Å². The summed E-state index contributed by atoms with van der Waals surface area (Å²) >= 11 is 0. The SMILES string of the molecule is CC(O)CN(C)C(=O)NCCOc1ccccc1. The van der Waals surface area contributed by atoms with Crippen molar-refractivity contribution >= 4 is 6.03 Å². The number of rotatable bonds is 6. The molecule has 0 aliphatic heterocycles. The molecule has 0 spiro atoms. The normalized spacial score (nSPS) is 11.7. The summed E-state index contributed by atoms with van der Waals surface area (Å²) in [5.74, 6) is 0.782. The van der Waals surface area contributed by atoms with Crippen molar-refractivity contribution in [2.75, 3.05) is 26.7 Å². The van der Waals surface area contributed by atoms with Gasteiger partial charge < -0.3 is 20.1 Å². The number of nitrogens with one attached hydrogen (secondary N) is 1. The lowest BCUT2D eigenvalue weighted by Crippen LogP contribution is -2.42. The number of para-hydroxylation sites is 1. The van der Waals surface area contributed by atoms with Gasteiger partial charge in [0.15, 0.2) is 0 Å². The molecule has 2 N–H and O–H groups in total. The third kappa shape index (κ3) is 5.54. The second-order valence-electron chi connectivity index (χ2n) is 4.12. The molecule has 18 heavy (non-hydrogen) atoms. The number of carbonyl (C=O) groups is 1. The van der Waals surface area contributed by atoms with Crippen molar-refractivity contribution in [1.82, 2.24) is 10.2 Å². The molecular formula is C13H20N2O3. The van der Waals surface area contributed by atoms with E-state index in [0.717, 1.165) is 5.75 Å². The molecule has 1 aromatic rings. The molecule has 100 valence electrons. The van der Waals surface area contributed by atoms with E-state index in [1.54, 1.807) is 14.0 Å². The van der Waals surface area contributed by atoms with Gasteiger partial charge in [0.05, 0.1) is 12.6 Å². The average molecular weight is 252 g/mol. The fraction of sp³-hybridized carbons (Fsp3) is 0.462. The van der Waals surface area contributed by atoms with E-state index in [1.807, 2.05) is 30.3 Å². The van der Waals surface area contributed by atoms with Crippen LogP contribution in [0, 0.1) is 0 Å². The minimum absolute atomic E-state index is 0.215. The number of nitrogens with zero attached hydrogens (tertiary/aromatic N) is 1. The molecule has 5 heteroatoms. The standard InChI is InChI=1S/C13H20N2O3/c1-11(16)10-15(2)13(17)14-8-9-18-12-6-4-3-5-7-12/h3-7,11,16H,8-10H2,1-2H3,(H,14,17). The monoisotopic (exact) mass is 252 g/mol. The highest BCUT2D eigenvalue weighted by Crippen LogP contribution is 2.07. The number of urea groups is 1. The van der Waals surface area contributed by atoms with Crippen molar-refractivity contribution < 1.29 is 14.6 Å². The summed E-state index contributed by atoms with van der Waals surface area (Å²) in [6.45, 7) is 2.80. The third-order valence-corrected chi connectivity index (χ3v) is 2.28. The van der Waals surface area contributed by atoms with E-state index in [1.165, 1.54) is 4.90 Å². The smallest absolute Gasteiger partial charge is 0.317 e. The van der Waals surface area contributed by atoms with Gasteiger partial charge >= 0.3 is 6.03 Å². The zero-order valence-corrected chi connectivity index (χ0v) is 10.8. The number of benzene rings is 1. The van der Waals surface area contributed by atoms with E-state index in [9.17, 15) is 4.79 Å². The minimum atomic E-state index is -0.527. The number of likely N-dealkylation sites (N-methyl/N-ethyl adjacent to an activating group) is 1. The molecule has 0 fully saturated rings. The lowest BCUT2D eigenvalue weighted by molar-refractivity contribution is 0.143. The number of hydrogen-bond donors (Lipinski definition) is 2. The number of aliphatic hydroxyl groups is 1. The summed E-state index contributed by atoms with van der Waals surface area (Å²) in [6, 6.07) is 9.21. The van der Waals surface area contributed by atoms with E-state index in [0.29, 0.717) is 19.7 Å². The van der Waals surface area contributed by atoms with Gasteiger partial charge in [-0.3, -0.25) is 0 Å². The fourth-order valence-electron chi connectivity index (χ4n) is 1.46. The van der Waals surface area contributed by atoms with Gasteiger partial charge in [-0.2, -0.15) is 0 Å². The lowest BCUT2D eigenvalue weighted by Gasteiger charge is -2.19. The highest BCUT2D eigenvalue weighted by Gasteiger charge is 2.09. The molecule has 0 radical (unpaired) electrons. The van der Waals surface area contributed by atoms with Crippen LogP contribution < -0.4 is 10.1 Å². The molecule has 0 bridgehead atoms. The molecule has 0 aliphatic carbocycles. The van der Waals surface area contributed by atoms with Crippen LogP contribution in [-0.4, -0.2) is 48.9 Å². The van der Waals surface area contributed by atoms with Crippen LogP contribution in [0.25, 0.3) is 0 Å². The van der Waals surface area contributed by atoms with E-state index in [4.69, 9.17) is 9.84 Å².